The maximum atomic E-state index is 12.0. The van der Waals surface area contributed by atoms with Crippen molar-refractivity contribution in [2.45, 2.75) is 33.6 Å². The van der Waals surface area contributed by atoms with Crippen LogP contribution < -0.4 is 10.2 Å². The molecule has 1 aromatic carbocycles. The van der Waals surface area contributed by atoms with E-state index in [-0.39, 0.29) is 21.9 Å². The number of carbonyl (C=O) groups is 1. The molecule has 1 heterocycles. The molecule has 1 N–H and O–H groups in total. The molecule has 1 fully saturated rings. The Balaban J connectivity index is 1.93. The number of anilines is 1. The molecule has 2 rings (SSSR count). The molecule has 1 aromatic rings. The second kappa shape index (κ2) is 6.98. The van der Waals surface area contributed by atoms with Crippen molar-refractivity contribution >= 4 is 17.3 Å². The smallest absolute Gasteiger partial charge is 0.269 e. The van der Waals surface area contributed by atoms with Gasteiger partial charge in [-0.3, -0.25) is 14.9 Å². The van der Waals surface area contributed by atoms with Crippen LogP contribution in [0.15, 0.2) is 24.3 Å². The fourth-order valence-corrected chi connectivity index (χ4v) is 2.75. The number of non-ortho nitro benzene ring substituents is 1. The number of benzene rings is 1. The molecule has 0 spiro atoms. The minimum atomic E-state index is -0.384. The van der Waals surface area contributed by atoms with Crippen molar-refractivity contribution in [1.29, 1.82) is 0 Å². The van der Waals surface area contributed by atoms with E-state index in [1.54, 1.807) is 24.3 Å². The van der Waals surface area contributed by atoms with Gasteiger partial charge in [0.25, 0.3) is 5.69 Å². The van der Waals surface area contributed by atoms with Crippen LogP contribution >= 0.6 is 0 Å². The van der Waals surface area contributed by atoms with Gasteiger partial charge in [-0.05, 0) is 30.9 Å². The van der Waals surface area contributed by atoms with Crippen molar-refractivity contribution in [1.82, 2.24) is 5.32 Å². The minimum Gasteiger partial charge on any atom is -0.371 e. The molecule has 0 bridgehead atoms. The molecule has 6 heteroatoms. The summed E-state index contributed by atoms with van der Waals surface area (Å²) in [5, 5.41) is 13.8. The van der Waals surface area contributed by atoms with Crippen LogP contribution in [0, 0.1) is 21.4 Å². The first-order valence-electron chi connectivity index (χ1n) is 8.05. The van der Waals surface area contributed by atoms with Gasteiger partial charge >= 0.3 is 0 Å². The van der Waals surface area contributed by atoms with Crippen LogP contribution in [0.5, 0.6) is 0 Å². The molecule has 0 aromatic heterocycles. The molecule has 126 valence electrons. The highest BCUT2D eigenvalue weighted by molar-refractivity contribution is 5.81. The number of carbonyl (C=O) groups excluding carboxylic acids is 1. The number of nitro groups is 1. The fourth-order valence-electron chi connectivity index (χ4n) is 2.75. The van der Waals surface area contributed by atoms with Gasteiger partial charge in [-0.1, -0.05) is 20.8 Å². The molecule has 23 heavy (non-hydrogen) atoms. The number of hydrogen-bond acceptors (Lipinski definition) is 4. The zero-order valence-corrected chi connectivity index (χ0v) is 14.0. The normalized spacial score (nSPS) is 18.6. The first kappa shape index (κ1) is 17.2. The molecule has 1 saturated heterocycles. The summed E-state index contributed by atoms with van der Waals surface area (Å²) in [5.74, 6) is 0.482. The lowest BCUT2D eigenvalue weighted by Crippen LogP contribution is -2.43. The van der Waals surface area contributed by atoms with E-state index in [2.05, 4.69) is 10.2 Å². The Kier molecular flexibility index (Phi) is 5.23. The largest absolute Gasteiger partial charge is 0.371 e. The number of amides is 1. The summed E-state index contributed by atoms with van der Waals surface area (Å²) in [7, 11) is 0. The molecule has 0 radical (unpaired) electrons. The van der Waals surface area contributed by atoms with Crippen LogP contribution in [0.2, 0.25) is 0 Å². The van der Waals surface area contributed by atoms with Crippen LogP contribution in [0.3, 0.4) is 0 Å². The maximum Gasteiger partial charge on any atom is 0.269 e. The lowest BCUT2D eigenvalue weighted by molar-refractivity contribution is -0.384. The van der Waals surface area contributed by atoms with Crippen molar-refractivity contribution in [3.05, 3.63) is 34.4 Å². The van der Waals surface area contributed by atoms with Crippen molar-refractivity contribution in [3.8, 4) is 0 Å². The van der Waals surface area contributed by atoms with Crippen molar-refractivity contribution < 1.29 is 9.72 Å². The van der Waals surface area contributed by atoms with E-state index in [1.807, 2.05) is 20.8 Å². The Bertz CT molecular complexity index is 563. The number of hydrogen-bond donors (Lipinski definition) is 1. The summed E-state index contributed by atoms with van der Waals surface area (Å²) in [5.41, 5.74) is 0.745. The third-order valence-corrected chi connectivity index (χ3v) is 4.18. The van der Waals surface area contributed by atoms with Gasteiger partial charge in [0, 0.05) is 42.9 Å². The van der Waals surface area contributed by atoms with Crippen LogP contribution in [0.4, 0.5) is 11.4 Å². The number of nitrogens with one attached hydrogen (secondary N) is 1. The Morgan fingerprint density at radius 3 is 2.57 bits per heavy atom. The average Bonchev–Trinajstić information content (AvgIpc) is 2.52. The summed E-state index contributed by atoms with van der Waals surface area (Å²) < 4.78 is 0. The summed E-state index contributed by atoms with van der Waals surface area (Å²) in [4.78, 5) is 24.5. The minimum absolute atomic E-state index is 0.0740. The van der Waals surface area contributed by atoms with Crippen LogP contribution in [0.1, 0.15) is 33.6 Å². The molecule has 1 unspecified atom stereocenters. The SMILES string of the molecule is CC(C)(C)C(=O)NCC1CCCN(c2ccc([N+](=O)[O-])cc2)C1. The maximum absolute atomic E-state index is 12.0. The lowest BCUT2D eigenvalue weighted by atomic mass is 9.94. The van der Waals surface area contributed by atoms with Gasteiger partial charge in [-0.25, -0.2) is 0 Å². The van der Waals surface area contributed by atoms with Crippen molar-refractivity contribution in [2.24, 2.45) is 11.3 Å². The predicted octanol–water partition coefficient (Wildman–Crippen LogP) is 2.97. The van der Waals surface area contributed by atoms with E-state index in [1.165, 1.54) is 0 Å². The topological polar surface area (TPSA) is 75.5 Å². The lowest BCUT2D eigenvalue weighted by Gasteiger charge is -2.35. The fraction of sp³-hybridized carbons (Fsp3) is 0.588. The third-order valence-electron chi connectivity index (χ3n) is 4.18. The monoisotopic (exact) mass is 319 g/mol. The summed E-state index contributed by atoms with van der Waals surface area (Å²) in [6.45, 7) is 8.22. The van der Waals surface area contributed by atoms with E-state index in [4.69, 9.17) is 0 Å². The Morgan fingerprint density at radius 1 is 1.35 bits per heavy atom. The summed E-state index contributed by atoms with van der Waals surface area (Å²) in [6.07, 6.45) is 2.15. The first-order valence-corrected chi connectivity index (χ1v) is 8.05. The quantitative estimate of drug-likeness (QED) is 0.684. The van der Waals surface area contributed by atoms with Crippen LogP contribution in [0.25, 0.3) is 0 Å². The highest BCUT2D eigenvalue weighted by Crippen LogP contribution is 2.25. The summed E-state index contributed by atoms with van der Waals surface area (Å²) in [6, 6.07) is 6.68. The van der Waals surface area contributed by atoms with Gasteiger partial charge in [-0.2, -0.15) is 0 Å². The van der Waals surface area contributed by atoms with Crippen molar-refractivity contribution in [2.75, 3.05) is 24.5 Å². The molecule has 1 aliphatic rings. The number of nitro benzene ring substituents is 1. The summed E-state index contributed by atoms with van der Waals surface area (Å²) >= 11 is 0. The van der Waals surface area contributed by atoms with Gasteiger partial charge < -0.3 is 10.2 Å². The third kappa shape index (κ3) is 4.68. The van der Waals surface area contributed by atoms with Gasteiger partial charge in [0.2, 0.25) is 5.91 Å². The highest BCUT2D eigenvalue weighted by atomic mass is 16.6. The van der Waals surface area contributed by atoms with E-state index in [0.29, 0.717) is 12.5 Å². The van der Waals surface area contributed by atoms with E-state index in [0.717, 1.165) is 31.6 Å². The standard InChI is InChI=1S/C17H25N3O3/c1-17(2,3)16(21)18-11-13-5-4-10-19(12-13)14-6-8-15(9-7-14)20(22)23/h6-9,13H,4-5,10-12H2,1-3H3,(H,18,21). The first-order chi connectivity index (χ1) is 10.8. The van der Waals surface area contributed by atoms with Gasteiger partial charge in [-0.15, -0.1) is 0 Å². The Labute approximate surface area is 137 Å². The molecule has 0 saturated carbocycles. The Morgan fingerprint density at radius 2 is 2.00 bits per heavy atom. The molecular weight excluding hydrogens is 294 g/mol. The van der Waals surface area contributed by atoms with E-state index < -0.39 is 0 Å². The van der Waals surface area contributed by atoms with Crippen molar-refractivity contribution in [3.63, 3.8) is 0 Å². The van der Waals surface area contributed by atoms with E-state index >= 15 is 0 Å². The Hall–Kier alpha value is -2.11. The van der Waals surface area contributed by atoms with E-state index in [9.17, 15) is 14.9 Å². The zero-order chi connectivity index (χ0) is 17.0. The zero-order valence-electron chi connectivity index (χ0n) is 14.0. The van der Waals surface area contributed by atoms with Gasteiger partial charge in [0.15, 0.2) is 0 Å². The average molecular weight is 319 g/mol. The second-order valence-corrected chi connectivity index (χ2v) is 7.19. The van der Waals surface area contributed by atoms with Gasteiger partial charge in [0.1, 0.15) is 0 Å². The molecule has 6 nitrogen and oxygen atoms in total. The molecule has 1 amide bonds. The number of piperidine rings is 1. The van der Waals surface area contributed by atoms with Crippen LogP contribution in [-0.2, 0) is 4.79 Å². The van der Waals surface area contributed by atoms with Gasteiger partial charge in [0.05, 0.1) is 4.92 Å². The number of rotatable bonds is 4. The molecule has 0 aliphatic carbocycles. The molecule has 1 atom stereocenters. The van der Waals surface area contributed by atoms with Crippen LogP contribution in [-0.4, -0.2) is 30.5 Å². The molecule has 1 aliphatic heterocycles. The highest BCUT2D eigenvalue weighted by Gasteiger charge is 2.24. The number of nitrogens with zero attached hydrogens (tertiary/aromatic N) is 2. The predicted molar refractivity (Wildman–Crippen MR) is 90.5 cm³/mol. The molecular formula is C17H25N3O3. The second-order valence-electron chi connectivity index (χ2n) is 7.19.